The highest BCUT2D eigenvalue weighted by Crippen LogP contribution is 2.16. The first-order valence-corrected chi connectivity index (χ1v) is 5.71. The highest BCUT2D eigenvalue weighted by Gasteiger charge is 2.32. The summed E-state index contributed by atoms with van der Waals surface area (Å²) in [5, 5.41) is 2.40. The zero-order valence-electron chi connectivity index (χ0n) is 9.75. The fraction of sp³-hybridized carbons (Fsp3) is 0.818. The van der Waals surface area contributed by atoms with E-state index in [0.29, 0.717) is 6.54 Å². The second-order valence-corrected chi connectivity index (χ2v) is 4.20. The smallest absolute Gasteiger partial charge is 0.321 e. The van der Waals surface area contributed by atoms with Crippen LogP contribution in [0.2, 0.25) is 0 Å². The molecule has 0 saturated carbocycles. The van der Waals surface area contributed by atoms with Crippen molar-refractivity contribution in [3.63, 3.8) is 0 Å². The van der Waals surface area contributed by atoms with Crippen LogP contribution in [0.1, 0.15) is 40.0 Å². The van der Waals surface area contributed by atoms with Gasteiger partial charge in [-0.15, -0.1) is 0 Å². The van der Waals surface area contributed by atoms with Crippen LogP contribution in [0, 0.1) is 5.92 Å². The minimum atomic E-state index is -0.224. The Balaban J connectivity index is 2.67. The summed E-state index contributed by atoms with van der Waals surface area (Å²) in [7, 11) is 0. The van der Waals surface area contributed by atoms with E-state index in [1.54, 1.807) is 4.90 Å². The van der Waals surface area contributed by atoms with Gasteiger partial charge >= 0.3 is 6.03 Å². The number of amides is 3. The van der Waals surface area contributed by atoms with Crippen LogP contribution in [-0.2, 0) is 4.79 Å². The Morgan fingerprint density at radius 2 is 2.13 bits per heavy atom. The molecule has 0 spiro atoms. The van der Waals surface area contributed by atoms with E-state index >= 15 is 0 Å². The van der Waals surface area contributed by atoms with Crippen LogP contribution in [0.15, 0.2) is 0 Å². The minimum Gasteiger partial charge on any atom is -0.321 e. The van der Waals surface area contributed by atoms with Crippen molar-refractivity contribution in [3.8, 4) is 0 Å². The van der Waals surface area contributed by atoms with Crippen molar-refractivity contribution < 1.29 is 9.59 Å². The molecule has 1 fully saturated rings. The number of imide groups is 1. The molecule has 0 bridgehead atoms. The molecule has 4 heteroatoms. The van der Waals surface area contributed by atoms with Crippen LogP contribution in [-0.4, -0.2) is 29.4 Å². The highest BCUT2D eigenvalue weighted by atomic mass is 16.2. The summed E-state index contributed by atoms with van der Waals surface area (Å²) in [6.07, 6.45) is 3.01. The molecule has 15 heavy (non-hydrogen) atoms. The number of hydrogen-bond donors (Lipinski definition) is 1. The quantitative estimate of drug-likeness (QED) is 0.771. The number of carbonyl (C=O) groups is 2. The summed E-state index contributed by atoms with van der Waals surface area (Å²) in [5.74, 6) is -0.240. The lowest BCUT2D eigenvalue weighted by molar-refractivity contribution is -0.125. The van der Waals surface area contributed by atoms with E-state index in [2.05, 4.69) is 19.2 Å². The number of rotatable bonds is 4. The van der Waals surface area contributed by atoms with E-state index in [0.717, 1.165) is 19.3 Å². The Kier molecular flexibility index (Phi) is 4.12. The normalized spacial score (nSPS) is 23.9. The molecule has 0 aliphatic carbocycles. The van der Waals surface area contributed by atoms with E-state index in [-0.39, 0.29) is 23.9 Å². The molecule has 2 unspecified atom stereocenters. The lowest BCUT2D eigenvalue weighted by atomic mass is 10.0. The molecule has 0 aromatic carbocycles. The second-order valence-electron chi connectivity index (χ2n) is 4.20. The van der Waals surface area contributed by atoms with Gasteiger partial charge in [-0.25, -0.2) is 4.79 Å². The van der Waals surface area contributed by atoms with Gasteiger partial charge in [0, 0.05) is 12.6 Å². The average Bonchev–Trinajstić information content (AvgIpc) is 2.20. The second kappa shape index (κ2) is 5.14. The van der Waals surface area contributed by atoms with E-state index in [4.69, 9.17) is 0 Å². The molecule has 1 aliphatic rings. The molecule has 3 amide bonds. The van der Waals surface area contributed by atoms with Crippen molar-refractivity contribution in [1.82, 2.24) is 10.2 Å². The Morgan fingerprint density at radius 3 is 2.67 bits per heavy atom. The Morgan fingerprint density at radius 1 is 1.47 bits per heavy atom. The first-order valence-electron chi connectivity index (χ1n) is 5.71. The van der Waals surface area contributed by atoms with Crippen LogP contribution in [0.4, 0.5) is 4.79 Å². The Labute approximate surface area is 91.0 Å². The summed E-state index contributed by atoms with van der Waals surface area (Å²) < 4.78 is 0. The summed E-state index contributed by atoms with van der Waals surface area (Å²) >= 11 is 0. The SMILES string of the molecule is CCCC(CC)N1CC(C)C(=O)NC1=O. The van der Waals surface area contributed by atoms with Gasteiger partial charge in [0.05, 0.1) is 5.92 Å². The molecule has 1 rings (SSSR count). The molecule has 1 N–H and O–H groups in total. The first kappa shape index (κ1) is 12.0. The van der Waals surface area contributed by atoms with Gasteiger partial charge in [0.2, 0.25) is 5.91 Å². The van der Waals surface area contributed by atoms with Crippen molar-refractivity contribution in [2.75, 3.05) is 6.54 Å². The van der Waals surface area contributed by atoms with Crippen LogP contribution >= 0.6 is 0 Å². The first-order chi connectivity index (χ1) is 7.10. The standard InChI is InChI=1S/C11H20N2O2/c1-4-6-9(5-2)13-7-8(3)10(14)12-11(13)15/h8-9H,4-7H2,1-3H3,(H,12,14,15). The molecule has 1 aliphatic heterocycles. The van der Waals surface area contributed by atoms with E-state index in [9.17, 15) is 9.59 Å². The number of carbonyl (C=O) groups excluding carboxylic acids is 2. The van der Waals surface area contributed by atoms with Gasteiger partial charge in [0.25, 0.3) is 0 Å². The predicted octanol–water partition coefficient (Wildman–Crippen LogP) is 1.75. The molecule has 1 saturated heterocycles. The maximum atomic E-state index is 11.6. The fourth-order valence-electron chi connectivity index (χ4n) is 1.99. The molecular formula is C11H20N2O2. The fourth-order valence-corrected chi connectivity index (χ4v) is 1.99. The van der Waals surface area contributed by atoms with E-state index in [1.807, 2.05) is 6.92 Å². The van der Waals surface area contributed by atoms with Gasteiger partial charge < -0.3 is 4.90 Å². The van der Waals surface area contributed by atoms with Gasteiger partial charge in [-0.1, -0.05) is 27.2 Å². The number of urea groups is 1. The summed E-state index contributed by atoms with van der Waals surface area (Å²) in [6.45, 7) is 6.60. The van der Waals surface area contributed by atoms with Crippen molar-refractivity contribution >= 4 is 11.9 Å². The lowest BCUT2D eigenvalue weighted by Crippen LogP contribution is -2.56. The number of nitrogens with one attached hydrogen (secondary N) is 1. The lowest BCUT2D eigenvalue weighted by Gasteiger charge is -2.36. The molecular weight excluding hydrogens is 192 g/mol. The van der Waals surface area contributed by atoms with E-state index < -0.39 is 0 Å². The van der Waals surface area contributed by atoms with Crippen molar-refractivity contribution in [2.24, 2.45) is 5.92 Å². The van der Waals surface area contributed by atoms with Gasteiger partial charge in [-0.2, -0.15) is 0 Å². The summed E-state index contributed by atoms with van der Waals surface area (Å²) in [4.78, 5) is 24.7. The molecule has 2 atom stereocenters. The van der Waals surface area contributed by atoms with Gasteiger partial charge in [0.1, 0.15) is 0 Å². The summed E-state index contributed by atoms with van der Waals surface area (Å²) in [5.41, 5.74) is 0. The number of hydrogen-bond acceptors (Lipinski definition) is 2. The third-order valence-electron chi connectivity index (χ3n) is 2.94. The molecule has 1 heterocycles. The molecule has 0 aromatic rings. The van der Waals surface area contributed by atoms with Crippen molar-refractivity contribution in [1.29, 1.82) is 0 Å². The van der Waals surface area contributed by atoms with Crippen LogP contribution in [0.25, 0.3) is 0 Å². The maximum absolute atomic E-state index is 11.6. The van der Waals surface area contributed by atoms with Gasteiger partial charge in [-0.05, 0) is 12.8 Å². The highest BCUT2D eigenvalue weighted by molar-refractivity contribution is 5.97. The Hall–Kier alpha value is -1.06. The van der Waals surface area contributed by atoms with Crippen LogP contribution in [0.3, 0.4) is 0 Å². The molecule has 0 radical (unpaired) electrons. The zero-order chi connectivity index (χ0) is 11.4. The summed E-state index contributed by atoms with van der Waals surface area (Å²) in [6, 6.07) is 0.0453. The van der Waals surface area contributed by atoms with Gasteiger partial charge in [0.15, 0.2) is 0 Å². The van der Waals surface area contributed by atoms with Gasteiger partial charge in [-0.3, -0.25) is 10.1 Å². The third kappa shape index (κ3) is 2.70. The molecule has 0 aromatic heterocycles. The Bertz CT molecular complexity index is 253. The monoisotopic (exact) mass is 212 g/mol. The number of nitrogens with zero attached hydrogens (tertiary/aromatic N) is 1. The van der Waals surface area contributed by atoms with Crippen molar-refractivity contribution in [2.45, 2.75) is 46.1 Å². The van der Waals surface area contributed by atoms with Crippen LogP contribution in [0.5, 0.6) is 0 Å². The van der Waals surface area contributed by atoms with E-state index in [1.165, 1.54) is 0 Å². The van der Waals surface area contributed by atoms with Crippen LogP contribution < -0.4 is 5.32 Å². The largest absolute Gasteiger partial charge is 0.324 e. The maximum Gasteiger partial charge on any atom is 0.324 e. The zero-order valence-corrected chi connectivity index (χ0v) is 9.75. The molecule has 86 valence electrons. The van der Waals surface area contributed by atoms with Crippen molar-refractivity contribution in [3.05, 3.63) is 0 Å². The predicted molar refractivity (Wildman–Crippen MR) is 58.4 cm³/mol. The topological polar surface area (TPSA) is 49.4 Å². The minimum absolute atomic E-state index is 0.0893. The molecule has 4 nitrogen and oxygen atoms in total. The third-order valence-corrected chi connectivity index (χ3v) is 2.94. The average molecular weight is 212 g/mol.